The molecule has 0 bridgehead atoms. The number of unbranched alkanes of at least 4 members (excludes halogenated alkanes) is 1. The molecule has 3 rings (SSSR count). The largest absolute Gasteiger partial charge is 0.494 e. The predicted molar refractivity (Wildman–Crippen MR) is 115 cm³/mol. The summed E-state index contributed by atoms with van der Waals surface area (Å²) in [5.41, 5.74) is 5.66. The summed E-state index contributed by atoms with van der Waals surface area (Å²) in [5.74, 6) is 0.491. The van der Waals surface area contributed by atoms with Crippen molar-refractivity contribution in [1.29, 1.82) is 0 Å². The second kappa shape index (κ2) is 9.43. The molecule has 0 fully saturated rings. The van der Waals surface area contributed by atoms with E-state index < -0.39 is 0 Å². The number of carbonyl (C=O) groups is 2. The van der Waals surface area contributed by atoms with Gasteiger partial charge in [0.15, 0.2) is 5.78 Å². The summed E-state index contributed by atoms with van der Waals surface area (Å²) in [6.45, 7) is 3.82. The molecule has 30 heavy (non-hydrogen) atoms. The van der Waals surface area contributed by atoms with Gasteiger partial charge in [-0.2, -0.15) is 0 Å². The van der Waals surface area contributed by atoms with Crippen LogP contribution in [0.1, 0.15) is 58.7 Å². The van der Waals surface area contributed by atoms with Crippen LogP contribution in [0.4, 0.5) is 0 Å². The van der Waals surface area contributed by atoms with Crippen LogP contribution < -0.4 is 0 Å². The third kappa shape index (κ3) is 4.62. The number of methoxy groups -OCH3 is 2. The Morgan fingerprint density at radius 1 is 1.17 bits per heavy atom. The number of esters is 1. The first-order chi connectivity index (χ1) is 14.4. The Hall–Kier alpha value is -3.35. The fourth-order valence-electron chi connectivity index (χ4n) is 3.57. The lowest BCUT2D eigenvalue weighted by Gasteiger charge is -2.03. The highest BCUT2D eigenvalue weighted by atomic mass is 16.5. The summed E-state index contributed by atoms with van der Waals surface area (Å²) in [5, 5.41) is 0. The molecule has 0 unspecified atom stereocenters. The van der Waals surface area contributed by atoms with Crippen LogP contribution >= 0.6 is 0 Å². The summed E-state index contributed by atoms with van der Waals surface area (Å²) < 4.78 is 10.1. The van der Waals surface area contributed by atoms with Gasteiger partial charge in [-0.05, 0) is 50.5 Å². The maximum atomic E-state index is 12.8. The molecular weight excluding hydrogens is 382 g/mol. The fourth-order valence-corrected chi connectivity index (χ4v) is 3.57. The number of ketones is 1. The molecule has 0 aromatic carbocycles. The minimum atomic E-state index is -0.247. The molecular formula is C23H27N3O4. The minimum absolute atomic E-state index is 0.0697. The number of aliphatic imine (C=N–C) groups is 1. The molecule has 2 aromatic heterocycles. The van der Waals surface area contributed by atoms with Crippen LogP contribution in [0.5, 0.6) is 0 Å². The van der Waals surface area contributed by atoms with Gasteiger partial charge >= 0.3 is 5.97 Å². The van der Waals surface area contributed by atoms with Gasteiger partial charge < -0.3 is 19.4 Å². The molecule has 7 nitrogen and oxygen atoms in total. The summed E-state index contributed by atoms with van der Waals surface area (Å²) in [7, 11) is 2.98. The first-order valence-electron chi connectivity index (χ1n) is 9.94. The van der Waals surface area contributed by atoms with Crippen molar-refractivity contribution in [3.8, 4) is 0 Å². The van der Waals surface area contributed by atoms with E-state index in [1.165, 1.54) is 7.11 Å². The monoisotopic (exact) mass is 409 g/mol. The molecule has 2 N–H and O–H groups in total. The van der Waals surface area contributed by atoms with E-state index in [0.29, 0.717) is 42.7 Å². The molecule has 0 spiro atoms. The second-order valence-corrected chi connectivity index (χ2v) is 7.19. The van der Waals surface area contributed by atoms with Crippen molar-refractivity contribution < 1.29 is 19.1 Å². The number of aryl methyl sites for hydroxylation is 1. The number of allylic oxidation sites excluding steroid dienone is 1. The lowest BCUT2D eigenvalue weighted by atomic mass is 10.0. The SMILES string of the molecule is COC(=O)CCCCC(=O)c1c(C)[nH]c(C=C2N=C(c3ccc[nH]3)C=C2OC)c1C. The van der Waals surface area contributed by atoms with Gasteiger partial charge in [-0.1, -0.05) is 0 Å². The Morgan fingerprint density at radius 3 is 2.60 bits per heavy atom. The number of H-pyrrole nitrogens is 2. The molecule has 1 aliphatic rings. The topological polar surface area (TPSA) is 96.5 Å². The van der Waals surface area contributed by atoms with Crippen molar-refractivity contribution in [1.82, 2.24) is 9.97 Å². The van der Waals surface area contributed by atoms with E-state index in [4.69, 9.17) is 4.74 Å². The predicted octanol–water partition coefficient (Wildman–Crippen LogP) is 4.25. The smallest absolute Gasteiger partial charge is 0.305 e. The first kappa shape index (κ1) is 21.4. The van der Waals surface area contributed by atoms with Gasteiger partial charge in [0.1, 0.15) is 11.5 Å². The molecule has 0 atom stereocenters. The molecule has 7 heteroatoms. The molecule has 3 heterocycles. The fraction of sp³-hybridized carbons (Fsp3) is 0.348. The van der Waals surface area contributed by atoms with Crippen molar-refractivity contribution >= 4 is 23.5 Å². The number of nitrogens with zero attached hydrogens (tertiary/aromatic N) is 1. The van der Waals surface area contributed by atoms with E-state index in [-0.39, 0.29) is 11.8 Å². The van der Waals surface area contributed by atoms with Crippen LogP contribution in [0.25, 0.3) is 6.08 Å². The number of aromatic nitrogens is 2. The Morgan fingerprint density at radius 2 is 1.93 bits per heavy atom. The highest BCUT2D eigenvalue weighted by molar-refractivity contribution is 6.11. The van der Waals surface area contributed by atoms with E-state index in [1.54, 1.807) is 7.11 Å². The maximum absolute atomic E-state index is 12.8. The summed E-state index contributed by atoms with van der Waals surface area (Å²) >= 11 is 0. The highest BCUT2D eigenvalue weighted by Gasteiger charge is 2.21. The second-order valence-electron chi connectivity index (χ2n) is 7.19. The van der Waals surface area contributed by atoms with E-state index in [1.807, 2.05) is 44.3 Å². The Bertz CT molecular complexity index is 1020. The number of aromatic amines is 2. The standard InChI is InChI=1S/C23H27N3O4/c1-14-17(12-19-21(29-3)13-18(26-19)16-8-7-11-24-16)25-15(2)23(14)20(27)9-5-6-10-22(28)30-4/h7-8,11-13,24-25H,5-6,9-10H2,1-4H3. The minimum Gasteiger partial charge on any atom is -0.494 e. The molecule has 0 saturated heterocycles. The van der Waals surface area contributed by atoms with E-state index in [0.717, 1.165) is 28.4 Å². The van der Waals surface area contributed by atoms with Crippen LogP contribution in [0, 0.1) is 13.8 Å². The lowest BCUT2D eigenvalue weighted by molar-refractivity contribution is -0.140. The van der Waals surface area contributed by atoms with Gasteiger partial charge in [0.05, 0.1) is 25.6 Å². The van der Waals surface area contributed by atoms with Gasteiger partial charge in [0.2, 0.25) is 0 Å². The van der Waals surface area contributed by atoms with Gasteiger partial charge in [-0.15, -0.1) is 0 Å². The number of Topliss-reactive ketones (excluding diaryl/α,β-unsaturated/α-hetero) is 1. The van der Waals surface area contributed by atoms with Crippen LogP contribution in [0.3, 0.4) is 0 Å². The summed E-state index contributed by atoms with van der Waals surface area (Å²) in [6, 6.07) is 3.87. The third-order valence-corrected chi connectivity index (χ3v) is 5.15. The van der Waals surface area contributed by atoms with Crippen molar-refractivity contribution in [3.05, 3.63) is 64.1 Å². The summed E-state index contributed by atoms with van der Waals surface area (Å²) in [4.78, 5) is 35.1. The third-order valence-electron chi connectivity index (χ3n) is 5.15. The number of ether oxygens (including phenoxy) is 2. The number of nitrogens with one attached hydrogen (secondary N) is 2. The zero-order valence-corrected chi connectivity index (χ0v) is 17.8. The van der Waals surface area contributed by atoms with E-state index in [2.05, 4.69) is 19.7 Å². The molecule has 2 aromatic rings. The van der Waals surface area contributed by atoms with Crippen molar-refractivity contribution in [2.45, 2.75) is 39.5 Å². The number of hydrogen-bond donors (Lipinski definition) is 2. The summed E-state index contributed by atoms with van der Waals surface area (Å²) in [6.07, 6.45) is 7.65. The zero-order chi connectivity index (χ0) is 21.7. The Labute approximate surface area is 175 Å². The van der Waals surface area contributed by atoms with E-state index in [9.17, 15) is 9.59 Å². The Kier molecular flexibility index (Phi) is 6.72. The quantitative estimate of drug-likeness (QED) is 0.368. The zero-order valence-electron chi connectivity index (χ0n) is 17.8. The molecule has 0 radical (unpaired) electrons. The van der Waals surface area contributed by atoms with Crippen LogP contribution in [0.2, 0.25) is 0 Å². The highest BCUT2D eigenvalue weighted by Crippen LogP contribution is 2.28. The van der Waals surface area contributed by atoms with Gasteiger partial charge in [0, 0.05) is 42.1 Å². The number of hydrogen-bond acceptors (Lipinski definition) is 5. The van der Waals surface area contributed by atoms with Gasteiger partial charge in [-0.25, -0.2) is 4.99 Å². The van der Waals surface area contributed by atoms with Crippen LogP contribution in [-0.2, 0) is 14.3 Å². The van der Waals surface area contributed by atoms with Crippen LogP contribution in [-0.4, -0.2) is 41.7 Å². The molecule has 0 saturated carbocycles. The molecule has 158 valence electrons. The number of carbonyl (C=O) groups excluding carboxylic acids is 2. The maximum Gasteiger partial charge on any atom is 0.305 e. The van der Waals surface area contributed by atoms with Crippen molar-refractivity contribution in [3.63, 3.8) is 0 Å². The average Bonchev–Trinajstić information content (AvgIpc) is 3.45. The molecule has 0 amide bonds. The first-order valence-corrected chi connectivity index (χ1v) is 9.94. The van der Waals surface area contributed by atoms with Gasteiger partial charge in [0.25, 0.3) is 0 Å². The van der Waals surface area contributed by atoms with Crippen molar-refractivity contribution in [2.75, 3.05) is 14.2 Å². The van der Waals surface area contributed by atoms with Crippen molar-refractivity contribution in [2.24, 2.45) is 4.99 Å². The van der Waals surface area contributed by atoms with Gasteiger partial charge in [-0.3, -0.25) is 9.59 Å². The number of rotatable bonds is 9. The normalized spacial score (nSPS) is 14.6. The Balaban J connectivity index is 1.77. The lowest BCUT2D eigenvalue weighted by Crippen LogP contribution is -2.04. The molecule has 0 aliphatic carbocycles. The van der Waals surface area contributed by atoms with Crippen LogP contribution in [0.15, 0.2) is 40.9 Å². The average molecular weight is 409 g/mol. The molecule has 1 aliphatic heterocycles. The van der Waals surface area contributed by atoms with E-state index >= 15 is 0 Å².